The zero-order valence-electron chi connectivity index (χ0n) is 10.2. The van der Waals surface area contributed by atoms with Crippen LogP contribution < -0.4 is 5.73 Å². The van der Waals surface area contributed by atoms with E-state index >= 15 is 0 Å². The van der Waals surface area contributed by atoms with Crippen LogP contribution in [0.5, 0.6) is 0 Å². The third-order valence-electron chi connectivity index (χ3n) is 3.29. The molecule has 1 saturated heterocycles. The average Bonchev–Trinajstić information content (AvgIpc) is 2.38. The van der Waals surface area contributed by atoms with Gasteiger partial charge in [0.15, 0.2) is 0 Å². The summed E-state index contributed by atoms with van der Waals surface area (Å²) in [6.45, 7) is 0.776. The van der Waals surface area contributed by atoms with Gasteiger partial charge in [-0.15, -0.1) is 0 Å². The van der Waals surface area contributed by atoms with E-state index in [0.29, 0.717) is 23.9 Å². The Balaban J connectivity index is 2.22. The van der Waals surface area contributed by atoms with Crippen LogP contribution >= 0.6 is 15.9 Å². The van der Waals surface area contributed by atoms with Crippen molar-refractivity contribution in [2.75, 3.05) is 13.1 Å². The van der Waals surface area contributed by atoms with Crippen molar-refractivity contribution in [2.45, 2.75) is 12.8 Å². The summed E-state index contributed by atoms with van der Waals surface area (Å²) in [6, 6.07) is 4.39. The van der Waals surface area contributed by atoms with E-state index in [0.717, 1.165) is 0 Å². The van der Waals surface area contributed by atoms with E-state index in [2.05, 4.69) is 15.9 Å². The SMILES string of the molecule is NC(=O)C1CCCN(C(=O)c2c(F)cccc2Br)C1. The Morgan fingerprint density at radius 2 is 2.16 bits per heavy atom. The number of hydrogen-bond donors (Lipinski definition) is 1. The summed E-state index contributed by atoms with van der Waals surface area (Å²) in [5.41, 5.74) is 5.27. The highest BCUT2D eigenvalue weighted by Crippen LogP contribution is 2.24. The number of nitrogens with zero attached hydrogens (tertiary/aromatic N) is 1. The van der Waals surface area contributed by atoms with Crippen LogP contribution in [0.25, 0.3) is 0 Å². The second-order valence-electron chi connectivity index (χ2n) is 4.59. The molecule has 1 atom stereocenters. The monoisotopic (exact) mass is 328 g/mol. The van der Waals surface area contributed by atoms with E-state index in [1.807, 2.05) is 0 Å². The molecule has 2 N–H and O–H groups in total. The fraction of sp³-hybridized carbons (Fsp3) is 0.385. The van der Waals surface area contributed by atoms with Crippen LogP contribution in [0, 0.1) is 11.7 Å². The predicted octanol–water partition coefficient (Wildman–Crippen LogP) is 1.93. The number of benzene rings is 1. The molecule has 1 aliphatic rings. The van der Waals surface area contributed by atoms with E-state index in [4.69, 9.17) is 5.73 Å². The fourth-order valence-electron chi connectivity index (χ4n) is 2.25. The van der Waals surface area contributed by atoms with Gasteiger partial charge < -0.3 is 10.6 Å². The molecule has 0 bridgehead atoms. The molecule has 2 rings (SSSR count). The van der Waals surface area contributed by atoms with Crippen LogP contribution in [0.2, 0.25) is 0 Å². The molecular weight excluding hydrogens is 315 g/mol. The lowest BCUT2D eigenvalue weighted by Gasteiger charge is -2.31. The second-order valence-corrected chi connectivity index (χ2v) is 5.44. The smallest absolute Gasteiger partial charge is 0.258 e. The second kappa shape index (κ2) is 5.69. The molecule has 1 fully saturated rings. The Morgan fingerprint density at radius 3 is 2.79 bits per heavy atom. The number of carbonyl (C=O) groups is 2. The molecular formula is C13H14BrFN2O2. The van der Waals surface area contributed by atoms with Gasteiger partial charge in [-0.1, -0.05) is 6.07 Å². The first-order valence-electron chi connectivity index (χ1n) is 6.03. The Kier molecular flexibility index (Phi) is 4.19. The topological polar surface area (TPSA) is 63.4 Å². The van der Waals surface area contributed by atoms with Gasteiger partial charge in [0.25, 0.3) is 5.91 Å². The van der Waals surface area contributed by atoms with E-state index in [1.54, 1.807) is 6.07 Å². The molecule has 0 saturated carbocycles. The van der Waals surface area contributed by atoms with Crippen molar-refractivity contribution in [1.29, 1.82) is 0 Å². The minimum Gasteiger partial charge on any atom is -0.369 e. The van der Waals surface area contributed by atoms with E-state index in [1.165, 1.54) is 17.0 Å². The van der Waals surface area contributed by atoms with E-state index < -0.39 is 17.6 Å². The van der Waals surface area contributed by atoms with Crippen LogP contribution in [-0.2, 0) is 4.79 Å². The Hall–Kier alpha value is -1.43. The maximum atomic E-state index is 13.7. The highest BCUT2D eigenvalue weighted by atomic mass is 79.9. The number of hydrogen-bond acceptors (Lipinski definition) is 2. The zero-order chi connectivity index (χ0) is 14.0. The third kappa shape index (κ3) is 2.94. The van der Waals surface area contributed by atoms with Gasteiger partial charge in [0.05, 0.1) is 11.5 Å². The Morgan fingerprint density at radius 1 is 1.42 bits per heavy atom. The molecule has 0 radical (unpaired) electrons. The molecule has 2 amide bonds. The van der Waals surface area contributed by atoms with Crippen LogP contribution in [0.1, 0.15) is 23.2 Å². The first kappa shape index (κ1) is 14.0. The van der Waals surface area contributed by atoms with E-state index in [9.17, 15) is 14.0 Å². The van der Waals surface area contributed by atoms with Gasteiger partial charge in [0, 0.05) is 17.6 Å². The number of carbonyl (C=O) groups excluding carboxylic acids is 2. The molecule has 1 aromatic rings. The zero-order valence-corrected chi connectivity index (χ0v) is 11.8. The van der Waals surface area contributed by atoms with E-state index in [-0.39, 0.29) is 18.0 Å². The molecule has 1 aromatic carbocycles. The predicted molar refractivity (Wildman–Crippen MR) is 71.9 cm³/mol. The molecule has 0 aliphatic carbocycles. The van der Waals surface area contributed by atoms with Gasteiger partial charge in [-0.2, -0.15) is 0 Å². The Labute approximate surface area is 118 Å². The van der Waals surface area contributed by atoms with Crippen molar-refractivity contribution >= 4 is 27.7 Å². The largest absolute Gasteiger partial charge is 0.369 e. The molecule has 19 heavy (non-hydrogen) atoms. The molecule has 102 valence electrons. The summed E-state index contributed by atoms with van der Waals surface area (Å²) < 4.78 is 14.2. The van der Waals surface area contributed by atoms with Gasteiger partial charge >= 0.3 is 0 Å². The summed E-state index contributed by atoms with van der Waals surface area (Å²) in [5, 5.41) is 0. The normalized spacial score (nSPS) is 19.3. The van der Waals surface area contributed by atoms with Gasteiger partial charge in [0.1, 0.15) is 5.82 Å². The number of halogens is 2. The lowest BCUT2D eigenvalue weighted by molar-refractivity contribution is -0.123. The summed E-state index contributed by atoms with van der Waals surface area (Å²) in [7, 11) is 0. The van der Waals surface area contributed by atoms with Crippen LogP contribution in [0.3, 0.4) is 0 Å². The van der Waals surface area contributed by atoms with Gasteiger partial charge in [-0.05, 0) is 40.9 Å². The maximum absolute atomic E-state index is 13.7. The standard InChI is InChI=1S/C13H14BrFN2O2/c14-9-4-1-5-10(15)11(9)13(19)17-6-2-3-8(7-17)12(16)18/h1,4-5,8H,2-3,6-7H2,(H2,16,18). The summed E-state index contributed by atoms with van der Waals surface area (Å²) in [5.74, 6) is -1.73. The van der Waals surface area contributed by atoms with Gasteiger partial charge in [-0.3, -0.25) is 9.59 Å². The molecule has 0 spiro atoms. The van der Waals surface area contributed by atoms with Gasteiger partial charge in [-0.25, -0.2) is 4.39 Å². The fourth-order valence-corrected chi connectivity index (χ4v) is 2.77. The highest BCUT2D eigenvalue weighted by Gasteiger charge is 2.29. The Bertz CT molecular complexity index is 501. The molecule has 1 heterocycles. The number of piperidine rings is 1. The molecule has 1 aliphatic heterocycles. The number of nitrogens with two attached hydrogens (primary N) is 1. The number of likely N-dealkylation sites (tertiary alicyclic amines) is 1. The van der Waals surface area contributed by atoms with Crippen molar-refractivity contribution < 1.29 is 14.0 Å². The highest BCUT2D eigenvalue weighted by molar-refractivity contribution is 9.10. The lowest BCUT2D eigenvalue weighted by atomic mass is 9.97. The molecule has 1 unspecified atom stereocenters. The third-order valence-corrected chi connectivity index (χ3v) is 3.95. The van der Waals surface area contributed by atoms with Gasteiger partial charge in [0.2, 0.25) is 5.91 Å². The van der Waals surface area contributed by atoms with Crippen molar-refractivity contribution in [2.24, 2.45) is 11.7 Å². The minimum absolute atomic E-state index is 0.00706. The first-order valence-corrected chi connectivity index (χ1v) is 6.82. The van der Waals surface area contributed by atoms with Crippen LogP contribution in [-0.4, -0.2) is 29.8 Å². The average molecular weight is 329 g/mol. The lowest BCUT2D eigenvalue weighted by Crippen LogP contribution is -2.44. The number of primary amides is 1. The summed E-state index contributed by atoms with van der Waals surface area (Å²) >= 11 is 3.18. The minimum atomic E-state index is -0.569. The van der Waals surface area contributed by atoms with Crippen molar-refractivity contribution in [3.8, 4) is 0 Å². The van der Waals surface area contributed by atoms with Crippen LogP contribution in [0.15, 0.2) is 22.7 Å². The summed E-state index contributed by atoms with van der Waals surface area (Å²) in [6.07, 6.45) is 1.38. The number of amides is 2. The first-order chi connectivity index (χ1) is 9.00. The van der Waals surface area contributed by atoms with Crippen molar-refractivity contribution in [1.82, 2.24) is 4.90 Å². The van der Waals surface area contributed by atoms with Crippen LogP contribution in [0.4, 0.5) is 4.39 Å². The quantitative estimate of drug-likeness (QED) is 0.901. The van der Waals surface area contributed by atoms with Crippen molar-refractivity contribution in [3.63, 3.8) is 0 Å². The summed E-state index contributed by atoms with van der Waals surface area (Å²) in [4.78, 5) is 25.0. The molecule has 0 aromatic heterocycles. The maximum Gasteiger partial charge on any atom is 0.258 e. The molecule has 6 heteroatoms. The van der Waals surface area contributed by atoms with Crippen molar-refractivity contribution in [3.05, 3.63) is 34.1 Å². The molecule has 4 nitrogen and oxygen atoms in total. The number of rotatable bonds is 2.